The van der Waals surface area contributed by atoms with Crippen LogP contribution in [0.2, 0.25) is 0 Å². The van der Waals surface area contributed by atoms with Crippen LogP contribution in [0.15, 0.2) is 24.4 Å². The van der Waals surface area contributed by atoms with Gasteiger partial charge in [0.1, 0.15) is 0 Å². The normalized spacial score (nSPS) is 12.8. The first-order chi connectivity index (χ1) is 6.34. The Bertz CT molecular complexity index is 226. The number of nitrogens with zero attached hydrogens (tertiary/aromatic N) is 1. The van der Waals surface area contributed by atoms with Crippen LogP contribution >= 0.6 is 0 Å². The molecule has 3 heteroatoms. The molecule has 0 saturated heterocycles. The van der Waals surface area contributed by atoms with E-state index < -0.39 is 6.10 Å². The molecule has 0 amide bonds. The maximum absolute atomic E-state index is 9.66. The van der Waals surface area contributed by atoms with Gasteiger partial charge in [0.05, 0.1) is 11.8 Å². The van der Waals surface area contributed by atoms with Gasteiger partial charge < -0.3 is 10.4 Å². The highest BCUT2D eigenvalue weighted by molar-refractivity contribution is 5.06. The predicted molar refractivity (Wildman–Crippen MR) is 52.4 cm³/mol. The smallest absolute Gasteiger partial charge is 0.0960 e. The zero-order valence-corrected chi connectivity index (χ0v) is 7.90. The van der Waals surface area contributed by atoms with Gasteiger partial charge in [0.25, 0.3) is 0 Å². The van der Waals surface area contributed by atoms with Crippen molar-refractivity contribution in [2.24, 2.45) is 0 Å². The third-order valence-corrected chi connectivity index (χ3v) is 1.93. The number of rotatable bonds is 5. The lowest BCUT2D eigenvalue weighted by atomic mass is 10.1. The van der Waals surface area contributed by atoms with E-state index in [2.05, 4.69) is 10.3 Å². The highest BCUT2D eigenvalue weighted by atomic mass is 16.3. The number of aliphatic hydroxyl groups excluding tert-OH is 1. The second-order valence-corrected chi connectivity index (χ2v) is 3.02. The van der Waals surface area contributed by atoms with Crippen LogP contribution in [-0.2, 0) is 0 Å². The van der Waals surface area contributed by atoms with E-state index in [9.17, 15) is 5.11 Å². The van der Waals surface area contributed by atoms with Crippen LogP contribution in [0.3, 0.4) is 0 Å². The van der Waals surface area contributed by atoms with Gasteiger partial charge in [0.2, 0.25) is 0 Å². The van der Waals surface area contributed by atoms with Crippen LogP contribution in [-0.4, -0.2) is 23.7 Å². The zero-order valence-electron chi connectivity index (χ0n) is 7.90. The minimum atomic E-state index is -0.422. The topological polar surface area (TPSA) is 45.1 Å². The molecular weight excluding hydrogens is 164 g/mol. The number of aromatic nitrogens is 1. The van der Waals surface area contributed by atoms with E-state index in [1.807, 2.05) is 25.2 Å². The van der Waals surface area contributed by atoms with E-state index in [-0.39, 0.29) is 0 Å². The lowest BCUT2D eigenvalue weighted by Crippen LogP contribution is -2.09. The Hall–Kier alpha value is -0.930. The Balaban J connectivity index is 2.35. The number of pyridine rings is 1. The first-order valence-electron chi connectivity index (χ1n) is 4.58. The Morgan fingerprint density at radius 1 is 1.54 bits per heavy atom. The molecule has 0 aliphatic heterocycles. The van der Waals surface area contributed by atoms with E-state index in [1.165, 1.54) is 0 Å². The summed E-state index contributed by atoms with van der Waals surface area (Å²) in [6.07, 6.45) is 3.01. The Labute approximate surface area is 78.8 Å². The van der Waals surface area contributed by atoms with E-state index in [0.717, 1.165) is 25.1 Å². The lowest BCUT2D eigenvalue weighted by molar-refractivity contribution is 0.160. The van der Waals surface area contributed by atoms with Crippen molar-refractivity contribution in [2.45, 2.75) is 18.9 Å². The molecule has 0 bridgehead atoms. The molecular formula is C10H16N2O. The summed E-state index contributed by atoms with van der Waals surface area (Å²) in [6, 6.07) is 5.59. The molecule has 3 nitrogen and oxygen atoms in total. The van der Waals surface area contributed by atoms with E-state index in [4.69, 9.17) is 0 Å². The van der Waals surface area contributed by atoms with Gasteiger partial charge in [-0.1, -0.05) is 6.07 Å². The number of hydrogen-bond acceptors (Lipinski definition) is 3. The molecule has 1 rings (SSSR count). The van der Waals surface area contributed by atoms with Crippen molar-refractivity contribution in [1.29, 1.82) is 0 Å². The fraction of sp³-hybridized carbons (Fsp3) is 0.500. The van der Waals surface area contributed by atoms with Crippen molar-refractivity contribution >= 4 is 0 Å². The maximum atomic E-state index is 9.66. The summed E-state index contributed by atoms with van der Waals surface area (Å²) < 4.78 is 0. The fourth-order valence-corrected chi connectivity index (χ4v) is 1.19. The van der Waals surface area contributed by atoms with Crippen molar-refractivity contribution in [3.63, 3.8) is 0 Å². The lowest BCUT2D eigenvalue weighted by Gasteiger charge is -2.08. The minimum absolute atomic E-state index is 0.422. The summed E-state index contributed by atoms with van der Waals surface area (Å²) in [5, 5.41) is 12.7. The van der Waals surface area contributed by atoms with Crippen LogP contribution in [0.25, 0.3) is 0 Å². The largest absolute Gasteiger partial charge is 0.387 e. The van der Waals surface area contributed by atoms with Crippen molar-refractivity contribution < 1.29 is 5.11 Å². The van der Waals surface area contributed by atoms with Gasteiger partial charge in [-0.2, -0.15) is 0 Å². The van der Waals surface area contributed by atoms with Crippen LogP contribution in [0.5, 0.6) is 0 Å². The first-order valence-corrected chi connectivity index (χ1v) is 4.58. The van der Waals surface area contributed by atoms with Gasteiger partial charge in [-0.3, -0.25) is 4.98 Å². The molecule has 1 heterocycles. The third kappa shape index (κ3) is 3.53. The van der Waals surface area contributed by atoms with Crippen molar-refractivity contribution in [3.05, 3.63) is 30.1 Å². The molecule has 1 unspecified atom stereocenters. The monoisotopic (exact) mass is 180 g/mol. The van der Waals surface area contributed by atoms with Crippen molar-refractivity contribution in [1.82, 2.24) is 10.3 Å². The number of nitrogens with one attached hydrogen (secondary N) is 1. The van der Waals surface area contributed by atoms with Gasteiger partial charge in [0.15, 0.2) is 0 Å². The quantitative estimate of drug-likeness (QED) is 0.667. The van der Waals surface area contributed by atoms with E-state index >= 15 is 0 Å². The Morgan fingerprint density at radius 3 is 3.00 bits per heavy atom. The number of hydrogen-bond donors (Lipinski definition) is 2. The number of aliphatic hydroxyl groups is 1. The highest BCUT2D eigenvalue weighted by Gasteiger charge is 2.06. The minimum Gasteiger partial charge on any atom is -0.387 e. The summed E-state index contributed by atoms with van der Waals surface area (Å²) in [4.78, 5) is 4.09. The SMILES string of the molecule is CNCCCC(O)c1ccccn1. The molecule has 2 N–H and O–H groups in total. The second kappa shape index (κ2) is 5.67. The van der Waals surface area contributed by atoms with E-state index in [0.29, 0.717) is 0 Å². The molecule has 72 valence electrons. The van der Waals surface area contributed by atoms with Crippen LogP contribution in [0.4, 0.5) is 0 Å². The third-order valence-electron chi connectivity index (χ3n) is 1.93. The summed E-state index contributed by atoms with van der Waals surface area (Å²) >= 11 is 0. The zero-order chi connectivity index (χ0) is 9.52. The standard InChI is InChI=1S/C10H16N2O/c1-11-7-4-6-10(13)9-5-2-3-8-12-9/h2-3,5,8,10-11,13H,4,6-7H2,1H3. The predicted octanol–water partition coefficient (Wildman–Crippen LogP) is 1.11. The average Bonchev–Trinajstić information content (AvgIpc) is 2.19. The molecule has 0 aliphatic rings. The second-order valence-electron chi connectivity index (χ2n) is 3.02. The van der Waals surface area contributed by atoms with Crippen LogP contribution in [0.1, 0.15) is 24.6 Å². The molecule has 1 aromatic heterocycles. The molecule has 0 fully saturated rings. The molecule has 0 aromatic carbocycles. The summed E-state index contributed by atoms with van der Waals surface area (Å²) in [7, 11) is 1.91. The molecule has 0 saturated carbocycles. The van der Waals surface area contributed by atoms with Crippen molar-refractivity contribution in [3.8, 4) is 0 Å². The summed E-state index contributed by atoms with van der Waals surface area (Å²) in [6.45, 7) is 0.934. The maximum Gasteiger partial charge on any atom is 0.0960 e. The highest BCUT2D eigenvalue weighted by Crippen LogP contribution is 2.14. The molecule has 0 radical (unpaired) electrons. The van der Waals surface area contributed by atoms with Gasteiger partial charge in [-0.05, 0) is 38.6 Å². The average molecular weight is 180 g/mol. The fourth-order valence-electron chi connectivity index (χ4n) is 1.19. The Morgan fingerprint density at radius 2 is 2.38 bits per heavy atom. The molecule has 0 spiro atoms. The van der Waals surface area contributed by atoms with Crippen LogP contribution < -0.4 is 5.32 Å². The van der Waals surface area contributed by atoms with Gasteiger partial charge >= 0.3 is 0 Å². The van der Waals surface area contributed by atoms with Crippen molar-refractivity contribution in [2.75, 3.05) is 13.6 Å². The summed E-state index contributed by atoms with van der Waals surface area (Å²) in [5.74, 6) is 0. The van der Waals surface area contributed by atoms with E-state index in [1.54, 1.807) is 6.20 Å². The molecule has 1 aromatic rings. The summed E-state index contributed by atoms with van der Waals surface area (Å²) in [5.41, 5.74) is 0.763. The Kier molecular flexibility index (Phi) is 4.43. The molecule has 0 aliphatic carbocycles. The molecule has 1 atom stereocenters. The van der Waals surface area contributed by atoms with Gasteiger partial charge in [-0.15, -0.1) is 0 Å². The first kappa shape index (κ1) is 10.2. The van der Waals surface area contributed by atoms with Crippen LogP contribution in [0, 0.1) is 0 Å². The van der Waals surface area contributed by atoms with Gasteiger partial charge in [0, 0.05) is 6.20 Å². The molecule has 13 heavy (non-hydrogen) atoms. The van der Waals surface area contributed by atoms with Gasteiger partial charge in [-0.25, -0.2) is 0 Å².